The third kappa shape index (κ3) is 4.57. The number of aromatic nitrogens is 1. The molecular weight excluding hydrogens is 416 g/mol. The summed E-state index contributed by atoms with van der Waals surface area (Å²) in [7, 11) is 0. The van der Waals surface area contributed by atoms with Gasteiger partial charge in [-0.2, -0.15) is 13.2 Å². The van der Waals surface area contributed by atoms with Gasteiger partial charge in [-0.05, 0) is 25.0 Å². The average Bonchev–Trinajstić information content (AvgIpc) is 2.74. The van der Waals surface area contributed by atoms with Crippen LogP contribution in [0.3, 0.4) is 0 Å². The molecule has 0 radical (unpaired) electrons. The number of alkyl halides is 3. The molecule has 3 heterocycles. The van der Waals surface area contributed by atoms with Crippen LogP contribution in [-0.4, -0.2) is 43.4 Å². The molecule has 2 aromatic rings. The Kier molecular flexibility index (Phi) is 5.73. The zero-order chi connectivity index (χ0) is 22.1. The minimum Gasteiger partial charge on any atom is -0.439 e. The van der Waals surface area contributed by atoms with E-state index in [0.29, 0.717) is 45.1 Å². The topological polar surface area (TPSA) is 51.0 Å². The monoisotopic (exact) mass is 436 g/mol. The van der Waals surface area contributed by atoms with Crippen LogP contribution in [0.15, 0.2) is 30.3 Å². The minimum absolute atomic E-state index is 0.0152. The lowest BCUT2D eigenvalue weighted by Crippen LogP contribution is -2.55. The van der Waals surface area contributed by atoms with E-state index in [0.717, 1.165) is 12.6 Å². The summed E-state index contributed by atoms with van der Waals surface area (Å²) in [5.74, 6) is -1.01. The zero-order valence-corrected chi connectivity index (χ0v) is 16.5. The molecule has 1 N–H and O–H groups in total. The molecule has 10 heteroatoms. The molecule has 1 aromatic heterocycles. The van der Waals surface area contributed by atoms with E-state index < -0.39 is 23.2 Å². The Morgan fingerprint density at radius 1 is 1.23 bits per heavy atom. The summed E-state index contributed by atoms with van der Waals surface area (Å²) in [5, 5.41) is 3.29. The van der Waals surface area contributed by atoms with E-state index in [1.807, 2.05) is 0 Å². The van der Waals surface area contributed by atoms with Crippen LogP contribution < -0.4 is 15.0 Å². The number of hydrogen-bond acceptors (Lipinski definition) is 5. The number of pyridine rings is 1. The van der Waals surface area contributed by atoms with Crippen LogP contribution in [0.25, 0.3) is 4.85 Å². The fourth-order valence-electron chi connectivity index (χ4n) is 3.91. The Labute approximate surface area is 176 Å². The van der Waals surface area contributed by atoms with Gasteiger partial charge in [0.2, 0.25) is 11.6 Å². The molecule has 2 saturated heterocycles. The van der Waals surface area contributed by atoms with Crippen molar-refractivity contribution in [3.63, 3.8) is 0 Å². The number of ether oxygens (including phenoxy) is 2. The number of nitrogens with zero attached hydrogens (tertiary/aromatic N) is 3. The molecule has 2 aliphatic rings. The van der Waals surface area contributed by atoms with Crippen molar-refractivity contribution in [3.8, 4) is 11.6 Å². The number of piperidine rings is 1. The molecule has 1 spiro atoms. The van der Waals surface area contributed by atoms with Crippen molar-refractivity contribution in [2.45, 2.75) is 24.6 Å². The van der Waals surface area contributed by atoms with Gasteiger partial charge in [-0.3, -0.25) is 0 Å². The molecular formula is C21H20F4N4O2. The van der Waals surface area contributed by atoms with Crippen molar-refractivity contribution < 1.29 is 27.0 Å². The average molecular weight is 436 g/mol. The van der Waals surface area contributed by atoms with Gasteiger partial charge in [0, 0.05) is 38.3 Å². The number of hydrogen-bond donors (Lipinski definition) is 1. The molecule has 4 rings (SSSR count). The maximum Gasteiger partial charge on any atom is 0.407 e. The fraction of sp³-hybridized carbons (Fsp3) is 0.429. The molecule has 2 aliphatic heterocycles. The predicted octanol–water partition coefficient (Wildman–Crippen LogP) is 4.54. The van der Waals surface area contributed by atoms with Gasteiger partial charge >= 0.3 is 6.18 Å². The van der Waals surface area contributed by atoms with Crippen molar-refractivity contribution in [2.24, 2.45) is 0 Å². The highest BCUT2D eigenvalue weighted by atomic mass is 19.4. The van der Waals surface area contributed by atoms with Crippen LogP contribution in [0, 0.1) is 12.4 Å². The highest BCUT2D eigenvalue weighted by Crippen LogP contribution is 2.44. The minimum atomic E-state index is -4.77. The molecule has 2 fully saturated rings. The van der Waals surface area contributed by atoms with E-state index in [-0.39, 0.29) is 23.0 Å². The van der Waals surface area contributed by atoms with E-state index in [9.17, 15) is 17.6 Å². The van der Waals surface area contributed by atoms with Crippen LogP contribution in [0.1, 0.15) is 18.4 Å². The van der Waals surface area contributed by atoms with Crippen LogP contribution >= 0.6 is 0 Å². The molecule has 1 aromatic carbocycles. The summed E-state index contributed by atoms with van der Waals surface area (Å²) >= 11 is 0. The van der Waals surface area contributed by atoms with Crippen LogP contribution in [0.4, 0.5) is 29.1 Å². The number of anilines is 1. The van der Waals surface area contributed by atoms with E-state index in [4.69, 9.17) is 16.0 Å². The van der Waals surface area contributed by atoms with Gasteiger partial charge in [-0.25, -0.2) is 14.2 Å². The number of halogens is 4. The summed E-state index contributed by atoms with van der Waals surface area (Å²) in [6.45, 7) is 10.2. The maximum atomic E-state index is 13.7. The Morgan fingerprint density at radius 2 is 2.00 bits per heavy atom. The first-order valence-corrected chi connectivity index (χ1v) is 9.82. The number of rotatable bonds is 3. The van der Waals surface area contributed by atoms with Gasteiger partial charge in [-0.15, -0.1) is 0 Å². The first kappa shape index (κ1) is 21.3. The molecule has 0 aliphatic carbocycles. The van der Waals surface area contributed by atoms with Gasteiger partial charge < -0.3 is 19.7 Å². The Bertz CT molecular complexity index is 990. The molecule has 31 heavy (non-hydrogen) atoms. The molecule has 0 atom stereocenters. The Morgan fingerprint density at radius 3 is 2.61 bits per heavy atom. The molecule has 164 valence electrons. The van der Waals surface area contributed by atoms with Crippen LogP contribution in [-0.2, 0) is 10.9 Å². The maximum absolute atomic E-state index is 13.7. The molecule has 0 bridgehead atoms. The highest BCUT2D eigenvalue weighted by molar-refractivity contribution is 5.73. The second kappa shape index (κ2) is 8.32. The lowest BCUT2D eigenvalue weighted by molar-refractivity contribution is -0.137. The highest BCUT2D eigenvalue weighted by Gasteiger charge is 2.40. The number of benzene rings is 1. The second-order valence-corrected chi connectivity index (χ2v) is 7.54. The van der Waals surface area contributed by atoms with Crippen molar-refractivity contribution in [3.05, 3.63) is 53.1 Å². The largest absolute Gasteiger partial charge is 0.439 e. The molecule has 0 unspecified atom stereocenters. The van der Waals surface area contributed by atoms with Gasteiger partial charge in [0.15, 0.2) is 0 Å². The summed E-state index contributed by atoms with van der Waals surface area (Å²) in [6, 6.07) is 5.72. The Balaban J connectivity index is 1.68. The van der Waals surface area contributed by atoms with Gasteiger partial charge in [-0.1, -0.05) is 6.07 Å². The van der Waals surface area contributed by atoms with Gasteiger partial charge in [0.25, 0.3) is 0 Å². The summed E-state index contributed by atoms with van der Waals surface area (Å²) in [4.78, 5) is 9.01. The summed E-state index contributed by atoms with van der Waals surface area (Å²) < 4.78 is 66.0. The number of nitrogens with one attached hydrogen (secondary N) is 1. The smallest absolute Gasteiger partial charge is 0.407 e. The summed E-state index contributed by atoms with van der Waals surface area (Å²) in [5.41, 5.74) is -2.05. The molecule has 0 saturated carbocycles. The van der Waals surface area contributed by atoms with E-state index in [1.54, 1.807) is 4.90 Å². The van der Waals surface area contributed by atoms with E-state index >= 15 is 0 Å². The van der Waals surface area contributed by atoms with Crippen molar-refractivity contribution in [1.29, 1.82) is 0 Å². The molecule has 6 nitrogen and oxygen atoms in total. The van der Waals surface area contributed by atoms with Gasteiger partial charge in [0.1, 0.15) is 17.4 Å². The first-order chi connectivity index (χ1) is 14.8. The quantitative estimate of drug-likeness (QED) is 0.566. The third-order valence-electron chi connectivity index (χ3n) is 5.50. The first-order valence-electron chi connectivity index (χ1n) is 9.82. The second-order valence-electron chi connectivity index (χ2n) is 7.54. The Hall–Kier alpha value is -2.90. The zero-order valence-electron chi connectivity index (χ0n) is 16.5. The number of morpholine rings is 1. The van der Waals surface area contributed by atoms with Gasteiger partial charge in [0.05, 0.1) is 24.3 Å². The lowest BCUT2D eigenvalue weighted by atomic mass is 9.90. The standard InChI is InChI=1S/C21H20F4N4O2/c1-26-18-16(21(23,24)25)12-17(31-15-4-2-3-14(22)11-15)28-19(18)29-8-5-20(6-9-29)13-27-7-10-30-20/h2-4,11-12,27H,5-10,13H2. The lowest BCUT2D eigenvalue weighted by Gasteiger charge is -2.44. The molecule has 0 amide bonds. The van der Waals surface area contributed by atoms with E-state index in [2.05, 4.69) is 15.1 Å². The predicted molar refractivity (Wildman–Crippen MR) is 105 cm³/mol. The third-order valence-corrected chi connectivity index (χ3v) is 5.50. The van der Waals surface area contributed by atoms with Crippen molar-refractivity contribution in [1.82, 2.24) is 10.3 Å². The normalized spacial score (nSPS) is 18.6. The SMILES string of the molecule is [C-]#[N+]c1c(C(F)(F)F)cc(Oc2cccc(F)c2)nc1N1CCC2(CC1)CNCCO2. The van der Waals surface area contributed by atoms with Crippen LogP contribution in [0.2, 0.25) is 0 Å². The fourth-order valence-corrected chi connectivity index (χ4v) is 3.91. The van der Waals surface area contributed by atoms with Crippen molar-refractivity contribution in [2.75, 3.05) is 37.7 Å². The summed E-state index contributed by atoms with van der Waals surface area (Å²) in [6.07, 6.45) is -3.59. The van der Waals surface area contributed by atoms with E-state index in [1.165, 1.54) is 18.2 Å². The van der Waals surface area contributed by atoms with Crippen molar-refractivity contribution >= 4 is 11.5 Å². The van der Waals surface area contributed by atoms with Crippen LogP contribution in [0.5, 0.6) is 11.6 Å².